The molecule has 0 bridgehead atoms. The average Bonchev–Trinajstić information content (AvgIpc) is 3.18. The normalized spacial score (nSPS) is 19.8. The quantitative estimate of drug-likeness (QED) is 0.902. The summed E-state index contributed by atoms with van der Waals surface area (Å²) >= 11 is 0. The van der Waals surface area contributed by atoms with Gasteiger partial charge >= 0.3 is 5.97 Å². The van der Waals surface area contributed by atoms with Gasteiger partial charge in [-0.25, -0.2) is 0 Å². The maximum Gasteiger partial charge on any atom is 0.311 e. The number of aryl methyl sites for hydroxylation is 1. The van der Waals surface area contributed by atoms with Crippen LogP contribution in [0.25, 0.3) is 0 Å². The van der Waals surface area contributed by atoms with Gasteiger partial charge in [-0.05, 0) is 38.5 Å². The Morgan fingerprint density at radius 1 is 1.32 bits per heavy atom. The Hall–Kier alpha value is -2.76. The molecule has 1 atom stereocenters. The molecule has 1 amide bonds. The van der Waals surface area contributed by atoms with Crippen LogP contribution in [0.3, 0.4) is 0 Å². The number of para-hydroxylation sites is 1. The maximum atomic E-state index is 12.6. The van der Waals surface area contributed by atoms with Gasteiger partial charge in [0.15, 0.2) is 5.76 Å². The predicted molar refractivity (Wildman–Crippen MR) is 90.5 cm³/mol. The Morgan fingerprint density at radius 2 is 2.04 bits per heavy atom. The third-order valence-electron chi connectivity index (χ3n) is 4.65. The second-order valence-corrected chi connectivity index (χ2v) is 6.64. The van der Waals surface area contributed by atoms with E-state index in [1.807, 2.05) is 30.3 Å². The Bertz CT molecular complexity index is 782. The van der Waals surface area contributed by atoms with Crippen molar-refractivity contribution in [2.75, 3.05) is 13.1 Å². The first-order valence-electron chi connectivity index (χ1n) is 8.19. The molecule has 2 aromatic rings. The third-order valence-corrected chi connectivity index (χ3v) is 4.65. The fourth-order valence-corrected chi connectivity index (χ4v) is 2.91. The van der Waals surface area contributed by atoms with Crippen LogP contribution < -0.4 is 4.74 Å². The van der Waals surface area contributed by atoms with Crippen LogP contribution >= 0.6 is 0 Å². The van der Waals surface area contributed by atoms with Crippen molar-refractivity contribution in [3.8, 4) is 5.75 Å². The van der Waals surface area contributed by atoms with E-state index in [-0.39, 0.29) is 18.2 Å². The van der Waals surface area contributed by atoms with Gasteiger partial charge in [0, 0.05) is 18.7 Å². The van der Waals surface area contributed by atoms with Gasteiger partial charge in [0.2, 0.25) is 0 Å². The Kier molecular flexibility index (Phi) is 4.53. The summed E-state index contributed by atoms with van der Waals surface area (Å²) in [5, 5.41) is 9.29. The molecule has 1 aromatic carbocycles. The topological polar surface area (TPSA) is 80.0 Å². The smallest absolute Gasteiger partial charge is 0.311 e. The van der Waals surface area contributed by atoms with E-state index in [9.17, 15) is 14.7 Å². The van der Waals surface area contributed by atoms with Gasteiger partial charge in [-0.15, -0.1) is 0 Å². The van der Waals surface area contributed by atoms with Crippen LogP contribution in [0.2, 0.25) is 0 Å². The highest BCUT2D eigenvalue weighted by Gasteiger charge is 2.42. The van der Waals surface area contributed by atoms with Crippen molar-refractivity contribution in [1.29, 1.82) is 0 Å². The van der Waals surface area contributed by atoms with Crippen molar-refractivity contribution in [1.82, 2.24) is 4.90 Å². The lowest BCUT2D eigenvalue weighted by molar-refractivity contribution is -0.147. The summed E-state index contributed by atoms with van der Waals surface area (Å²) in [7, 11) is 0. The van der Waals surface area contributed by atoms with Crippen molar-refractivity contribution < 1.29 is 23.8 Å². The minimum atomic E-state index is -0.892. The summed E-state index contributed by atoms with van der Waals surface area (Å²) in [6.07, 6.45) is 0.442. The molecule has 1 N–H and O–H groups in total. The molecular formula is C19H21NO5. The molecule has 1 aromatic heterocycles. The summed E-state index contributed by atoms with van der Waals surface area (Å²) in [6.45, 7) is 4.36. The molecule has 1 fully saturated rings. The van der Waals surface area contributed by atoms with Gasteiger partial charge in [-0.1, -0.05) is 18.2 Å². The Balaban J connectivity index is 1.68. The number of carbonyl (C=O) groups is 2. The molecular weight excluding hydrogens is 322 g/mol. The first-order chi connectivity index (χ1) is 11.9. The van der Waals surface area contributed by atoms with Gasteiger partial charge in [-0.3, -0.25) is 9.59 Å². The number of likely N-dealkylation sites (tertiary alicyclic amines) is 1. The maximum absolute atomic E-state index is 12.6. The van der Waals surface area contributed by atoms with E-state index in [1.54, 1.807) is 19.9 Å². The zero-order valence-electron chi connectivity index (χ0n) is 14.3. The number of aliphatic carboxylic acids is 1. The molecule has 3 rings (SSSR count). The standard InChI is InChI=1S/C19H21NO5/c1-13-14(11-24-15-6-4-3-5-7-15)10-16(25-13)17(21)20-9-8-19(2,12-20)18(22)23/h3-7,10H,8-9,11-12H2,1-2H3,(H,22,23)/t19-/m0/s1. The molecule has 132 valence electrons. The first-order valence-corrected chi connectivity index (χ1v) is 8.19. The number of carboxylic acids is 1. The lowest BCUT2D eigenvalue weighted by Gasteiger charge is -2.19. The molecule has 1 aliphatic rings. The lowest BCUT2D eigenvalue weighted by atomic mass is 9.90. The molecule has 0 unspecified atom stereocenters. The van der Waals surface area contributed by atoms with Crippen molar-refractivity contribution in [3.63, 3.8) is 0 Å². The highest BCUT2D eigenvalue weighted by Crippen LogP contribution is 2.31. The molecule has 0 aliphatic carbocycles. The van der Waals surface area contributed by atoms with E-state index in [4.69, 9.17) is 9.15 Å². The molecule has 1 aliphatic heterocycles. The van der Waals surface area contributed by atoms with Crippen LogP contribution in [0.1, 0.15) is 35.2 Å². The molecule has 0 radical (unpaired) electrons. The summed E-state index contributed by atoms with van der Waals surface area (Å²) in [4.78, 5) is 25.5. The number of hydrogen-bond acceptors (Lipinski definition) is 4. The zero-order chi connectivity index (χ0) is 18.0. The molecule has 1 saturated heterocycles. The number of amides is 1. The number of carbonyl (C=O) groups excluding carboxylic acids is 1. The number of rotatable bonds is 5. The number of benzene rings is 1. The van der Waals surface area contributed by atoms with Crippen LogP contribution in [0.15, 0.2) is 40.8 Å². The van der Waals surface area contributed by atoms with Crippen LogP contribution in [-0.4, -0.2) is 35.0 Å². The second kappa shape index (κ2) is 6.63. The Morgan fingerprint density at radius 3 is 2.68 bits per heavy atom. The molecule has 6 nitrogen and oxygen atoms in total. The monoisotopic (exact) mass is 343 g/mol. The number of carboxylic acid groups (broad SMARTS) is 1. The fraction of sp³-hybridized carbons (Fsp3) is 0.368. The van der Waals surface area contributed by atoms with Gasteiger partial charge in [0.25, 0.3) is 5.91 Å². The fourth-order valence-electron chi connectivity index (χ4n) is 2.91. The average molecular weight is 343 g/mol. The zero-order valence-corrected chi connectivity index (χ0v) is 14.3. The summed E-state index contributed by atoms with van der Waals surface area (Å²) in [6, 6.07) is 11.1. The second-order valence-electron chi connectivity index (χ2n) is 6.64. The van der Waals surface area contributed by atoms with Crippen molar-refractivity contribution >= 4 is 11.9 Å². The van der Waals surface area contributed by atoms with E-state index < -0.39 is 11.4 Å². The number of nitrogens with zero attached hydrogens (tertiary/aromatic N) is 1. The minimum absolute atomic E-state index is 0.191. The number of furan rings is 1. The van der Waals surface area contributed by atoms with E-state index in [2.05, 4.69) is 0 Å². The lowest BCUT2D eigenvalue weighted by Crippen LogP contribution is -2.34. The molecule has 2 heterocycles. The van der Waals surface area contributed by atoms with Crippen molar-refractivity contribution in [2.24, 2.45) is 5.41 Å². The van der Waals surface area contributed by atoms with E-state index in [0.717, 1.165) is 11.3 Å². The van der Waals surface area contributed by atoms with E-state index in [0.29, 0.717) is 25.3 Å². The van der Waals surface area contributed by atoms with Crippen LogP contribution in [0.4, 0.5) is 0 Å². The predicted octanol–water partition coefficient (Wildman–Crippen LogP) is 3.10. The highest BCUT2D eigenvalue weighted by atomic mass is 16.5. The van der Waals surface area contributed by atoms with Gasteiger partial charge < -0.3 is 19.2 Å². The summed E-state index contributed by atoms with van der Waals surface area (Å²) in [5.74, 6) is 0.431. The largest absolute Gasteiger partial charge is 0.489 e. The minimum Gasteiger partial charge on any atom is -0.489 e. The summed E-state index contributed by atoms with van der Waals surface area (Å²) in [5.41, 5.74) is -0.0938. The third kappa shape index (κ3) is 3.52. The SMILES string of the molecule is Cc1oc(C(=O)N2CC[C@](C)(C(=O)O)C2)cc1COc1ccccc1. The molecule has 0 saturated carbocycles. The Labute approximate surface area is 146 Å². The van der Waals surface area contributed by atoms with Crippen molar-refractivity contribution in [2.45, 2.75) is 26.9 Å². The van der Waals surface area contributed by atoms with Gasteiger partial charge in [-0.2, -0.15) is 0 Å². The van der Waals surface area contributed by atoms with Crippen LogP contribution in [-0.2, 0) is 11.4 Å². The van der Waals surface area contributed by atoms with Crippen LogP contribution in [0, 0.1) is 12.3 Å². The highest BCUT2D eigenvalue weighted by molar-refractivity contribution is 5.92. The van der Waals surface area contributed by atoms with Gasteiger partial charge in [0.1, 0.15) is 18.1 Å². The molecule has 6 heteroatoms. The first kappa shape index (κ1) is 17.1. The van der Waals surface area contributed by atoms with Crippen LogP contribution in [0.5, 0.6) is 5.75 Å². The van der Waals surface area contributed by atoms with E-state index in [1.165, 1.54) is 4.90 Å². The van der Waals surface area contributed by atoms with Crippen molar-refractivity contribution in [3.05, 3.63) is 53.5 Å². The molecule has 25 heavy (non-hydrogen) atoms. The van der Waals surface area contributed by atoms with E-state index >= 15 is 0 Å². The molecule has 0 spiro atoms. The number of hydrogen-bond donors (Lipinski definition) is 1. The summed E-state index contributed by atoms with van der Waals surface area (Å²) < 4.78 is 11.3. The van der Waals surface area contributed by atoms with Gasteiger partial charge in [0.05, 0.1) is 5.41 Å². The number of ether oxygens (including phenoxy) is 1.